The molecule has 0 N–H and O–H groups in total. The van der Waals surface area contributed by atoms with E-state index in [1.165, 1.54) is 0 Å². The number of ether oxygens (including phenoxy) is 2. The van der Waals surface area contributed by atoms with Crippen molar-refractivity contribution in [3.05, 3.63) is 165 Å². The van der Waals surface area contributed by atoms with Crippen LogP contribution in [0.4, 0.5) is 0 Å². The molecular weight excluding hydrogens is 710 g/mol. The number of halogens is 4. The van der Waals surface area contributed by atoms with Crippen LogP contribution in [0, 0.1) is 10.8 Å². The summed E-state index contributed by atoms with van der Waals surface area (Å²) in [6, 6.07) is 30.4. The summed E-state index contributed by atoms with van der Waals surface area (Å²) in [5.74, 6) is -0.346. The highest BCUT2D eigenvalue weighted by molar-refractivity contribution is 6.31. The second kappa shape index (κ2) is 16.2. The van der Waals surface area contributed by atoms with Gasteiger partial charge in [0.15, 0.2) is 0 Å². The van der Waals surface area contributed by atoms with Crippen molar-refractivity contribution in [3.8, 4) is 0 Å². The first-order chi connectivity index (χ1) is 23.9. The molecule has 0 radical (unpaired) electrons. The number of hydrogen-bond acceptors (Lipinski definition) is 4. The largest absolute Gasteiger partial charge is 0.456 e. The van der Waals surface area contributed by atoms with E-state index in [4.69, 9.17) is 55.9 Å². The molecule has 6 atom stereocenters. The zero-order valence-electron chi connectivity index (χ0n) is 28.1. The van der Waals surface area contributed by atoms with Gasteiger partial charge in [-0.3, -0.25) is 9.59 Å². The van der Waals surface area contributed by atoms with E-state index >= 15 is 0 Å². The second-order valence-corrected chi connectivity index (χ2v) is 15.3. The van der Waals surface area contributed by atoms with E-state index in [1.807, 2.05) is 111 Å². The molecule has 0 aliphatic carbocycles. The maximum absolute atomic E-state index is 12.7. The summed E-state index contributed by atoms with van der Waals surface area (Å²) in [6.07, 6.45) is 5.34. The Hall–Kier alpha value is -3.54. The Morgan fingerprint density at radius 1 is 0.580 bits per heavy atom. The van der Waals surface area contributed by atoms with E-state index in [0.717, 1.165) is 22.3 Å². The average molecular weight is 751 g/mol. The monoisotopic (exact) mass is 748 g/mol. The van der Waals surface area contributed by atoms with Gasteiger partial charge in [0.25, 0.3) is 0 Å². The van der Waals surface area contributed by atoms with E-state index in [1.54, 1.807) is 12.2 Å². The summed E-state index contributed by atoms with van der Waals surface area (Å²) in [5, 5.41) is 2.66. The number of carbonyl (C=O) groups is 2. The molecule has 2 saturated heterocycles. The van der Waals surface area contributed by atoms with Crippen LogP contribution in [0.5, 0.6) is 0 Å². The third-order valence-electron chi connectivity index (χ3n) is 9.67. The third kappa shape index (κ3) is 8.66. The third-order valence-corrected chi connectivity index (χ3v) is 10.6. The van der Waals surface area contributed by atoms with E-state index in [0.29, 0.717) is 45.8 Å². The first kappa shape index (κ1) is 37.7. The van der Waals surface area contributed by atoms with Crippen LogP contribution >= 0.6 is 46.4 Å². The van der Waals surface area contributed by atoms with Crippen molar-refractivity contribution >= 4 is 58.3 Å². The quantitative estimate of drug-likeness (QED) is 0.133. The predicted molar refractivity (Wildman–Crippen MR) is 204 cm³/mol. The zero-order valence-corrected chi connectivity index (χ0v) is 31.1. The van der Waals surface area contributed by atoms with Crippen molar-refractivity contribution < 1.29 is 19.1 Å². The first-order valence-electron chi connectivity index (χ1n) is 16.5. The molecule has 2 aliphatic rings. The lowest BCUT2D eigenvalue weighted by molar-refractivity contribution is -0.172. The molecule has 0 amide bonds. The van der Waals surface area contributed by atoms with Gasteiger partial charge in [0.05, 0.1) is 10.8 Å². The van der Waals surface area contributed by atoms with Crippen LogP contribution in [-0.4, -0.2) is 11.9 Å². The fraction of sp³-hybridized carbons (Fsp3) is 0.286. The van der Waals surface area contributed by atoms with E-state index in [2.05, 4.69) is 13.2 Å². The molecule has 0 aromatic heterocycles. The standard InChI is InChI=1S/2C21H20Cl2O2/c2*1-3-11-21(2)13-18(15-5-4-6-17(23)12-15)19(25-20(21)24)14-7-9-16(22)10-8-14/h2*3-10,12,18-19H,1,11,13H2,2H3/t2*18-,19+,21+/m10/s1. The smallest absolute Gasteiger partial charge is 0.312 e. The van der Waals surface area contributed by atoms with Crippen LogP contribution in [0.1, 0.15) is 85.8 Å². The lowest BCUT2D eigenvalue weighted by Gasteiger charge is -2.41. The zero-order chi connectivity index (χ0) is 36.1. The normalized spacial score (nSPS) is 26.1. The van der Waals surface area contributed by atoms with Crippen molar-refractivity contribution in [1.82, 2.24) is 0 Å². The average Bonchev–Trinajstić information content (AvgIpc) is 3.08. The lowest BCUT2D eigenvalue weighted by Crippen LogP contribution is -2.39. The highest BCUT2D eigenvalue weighted by atomic mass is 35.5. The minimum atomic E-state index is -0.586. The highest BCUT2D eigenvalue weighted by Crippen LogP contribution is 2.51. The lowest BCUT2D eigenvalue weighted by atomic mass is 9.71. The predicted octanol–water partition coefficient (Wildman–Crippen LogP) is 12.7. The van der Waals surface area contributed by atoms with Crippen molar-refractivity contribution in [2.75, 3.05) is 0 Å². The molecule has 6 rings (SSSR count). The van der Waals surface area contributed by atoms with Crippen molar-refractivity contribution in [3.63, 3.8) is 0 Å². The molecule has 2 heterocycles. The summed E-state index contributed by atoms with van der Waals surface area (Å²) in [7, 11) is 0. The van der Waals surface area contributed by atoms with Gasteiger partial charge in [0.2, 0.25) is 0 Å². The molecule has 4 nitrogen and oxygen atoms in total. The molecule has 8 heteroatoms. The Morgan fingerprint density at radius 2 is 0.940 bits per heavy atom. The molecular formula is C42H40Cl4O4. The molecule has 50 heavy (non-hydrogen) atoms. The van der Waals surface area contributed by atoms with Gasteiger partial charge in [-0.2, -0.15) is 0 Å². The van der Waals surface area contributed by atoms with Crippen molar-refractivity contribution in [2.24, 2.45) is 10.8 Å². The Morgan fingerprint density at radius 3 is 1.26 bits per heavy atom. The summed E-state index contributed by atoms with van der Waals surface area (Å²) in [6.45, 7) is 11.5. The van der Waals surface area contributed by atoms with Crippen molar-refractivity contribution in [1.29, 1.82) is 0 Å². The molecule has 0 unspecified atom stereocenters. The van der Waals surface area contributed by atoms with Crippen LogP contribution in [0.15, 0.2) is 122 Å². The number of rotatable bonds is 8. The molecule has 260 valence electrons. The summed E-state index contributed by atoms with van der Waals surface area (Å²) < 4.78 is 11.8. The Bertz CT molecular complexity index is 1700. The summed E-state index contributed by atoms with van der Waals surface area (Å²) in [5.41, 5.74) is 2.83. The molecule has 0 bridgehead atoms. The molecule has 0 spiro atoms. The van der Waals surface area contributed by atoms with Crippen molar-refractivity contribution in [2.45, 2.75) is 63.6 Å². The summed E-state index contributed by atoms with van der Waals surface area (Å²) >= 11 is 24.4. The minimum Gasteiger partial charge on any atom is -0.456 e. The number of benzene rings is 4. The van der Waals surface area contributed by atoms with Crippen LogP contribution in [0.2, 0.25) is 20.1 Å². The van der Waals surface area contributed by atoms with Crippen LogP contribution < -0.4 is 0 Å². The van der Waals surface area contributed by atoms with Crippen LogP contribution in [-0.2, 0) is 19.1 Å². The van der Waals surface area contributed by atoms with Gasteiger partial charge in [0, 0.05) is 31.9 Å². The van der Waals surface area contributed by atoms with Gasteiger partial charge in [-0.05, 0) is 110 Å². The van der Waals surface area contributed by atoms with Gasteiger partial charge in [-0.15, -0.1) is 13.2 Å². The van der Waals surface area contributed by atoms with Gasteiger partial charge in [-0.25, -0.2) is 0 Å². The Labute approximate surface area is 315 Å². The minimum absolute atomic E-state index is 0.0162. The fourth-order valence-electron chi connectivity index (χ4n) is 6.97. The van der Waals surface area contributed by atoms with Gasteiger partial charge in [0.1, 0.15) is 12.2 Å². The maximum Gasteiger partial charge on any atom is 0.312 e. The molecule has 2 fully saturated rings. The Kier molecular flexibility index (Phi) is 12.2. The number of allylic oxidation sites excluding steroid dienone is 2. The first-order valence-corrected chi connectivity index (χ1v) is 18.0. The number of hydrogen-bond donors (Lipinski definition) is 0. The fourth-order valence-corrected chi connectivity index (χ4v) is 7.62. The number of esters is 2. The number of carbonyl (C=O) groups excluding carboxylic acids is 2. The van der Waals surface area contributed by atoms with Crippen LogP contribution in [0.3, 0.4) is 0 Å². The highest BCUT2D eigenvalue weighted by Gasteiger charge is 2.47. The molecule has 0 saturated carbocycles. The molecule has 2 aliphatic heterocycles. The topological polar surface area (TPSA) is 52.6 Å². The maximum atomic E-state index is 12.7. The van der Waals surface area contributed by atoms with E-state index in [9.17, 15) is 9.59 Å². The van der Waals surface area contributed by atoms with Crippen LogP contribution in [0.25, 0.3) is 0 Å². The van der Waals surface area contributed by atoms with Gasteiger partial charge < -0.3 is 9.47 Å². The van der Waals surface area contributed by atoms with E-state index < -0.39 is 10.8 Å². The van der Waals surface area contributed by atoms with Gasteiger partial charge >= 0.3 is 11.9 Å². The SMILES string of the molecule is C=CC[C@@]1(C)C[C@H](c2cccc(Cl)c2)[C@H](c2ccc(Cl)cc2)OC1=O.C=CC[C@]1(C)C[C@@H](c2cccc(Cl)c2)[C@@H](c2ccc(Cl)cc2)OC1=O. The second-order valence-electron chi connectivity index (χ2n) is 13.6. The van der Waals surface area contributed by atoms with E-state index in [-0.39, 0.29) is 36.0 Å². The Balaban J connectivity index is 0.000000194. The molecule has 4 aromatic carbocycles. The summed E-state index contributed by atoms with van der Waals surface area (Å²) in [4.78, 5) is 25.4. The molecule has 4 aromatic rings. The van der Waals surface area contributed by atoms with Gasteiger partial charge in [-0.1, -0.05) is 107 Å². The number of cyclic esters (lactones) is 2.